The summed E-state index contributed by atoms with van der Waals surface area (Å²) in [5.41, 5.74) is 12.9. The average molecular weight is 762 g/mol. The number of phenolic OH excluding ortho intramolecular Hbond substituents is 1. The number of carboxylic acid groups (broad SMARTS) is 1. The number of nitrogens with one attached hydrogen (secondary N) is 5. The van der Waals surface area contributed by atoms with Gasteiger partial charge in [0.25, 0.3) is 0 Å². The first-order valence-corrected chi connectivity index (χ1v) is 18.0. The first-order valence-electron chi connectivity index (χ1n) is 18.0. The molecule has 5 amide bonds. The fourth-order valence-electron chi connectivity index (χ4n) is 5.66. The highest BCUT2D eigenvalue weighted by molar-refractivity contribution is 5.96. The molecule has 0 aliphatic rings. The van der Waals surface area contributed by atoms with Gasteiger partial charge < -0.3 is 53.4 Å². The third-order valence-electron chi connectivity index (χ3n) is 8.67. The van der Waals surface area contributed by atoms with Gasteiger partial charge in [-0.3, -0.25) is 24.0 Å². The number of amides is 5. The van der Waals surface area contributed by atoms with Gasteiger partial charge in [-0.15, -0.1) is 0 Å². The van der Waals surface area contributed by atoms with Crippen LogP contribution in [0.15, 0.2) is 84.9 Å². The Morgan fingerprint density at radius 2 is 1.02 bits per heavy atom. The quantitative estimate of drug-likeness (QED) is 0.0578. The Labute approximate surface area is 319 Å². The van der Waals surface area contributed by atoms with Gasteiger partial charge in [-0.05, 0) is 61.6 Å². The van der Waals surface area contributed by atoms with Crippen molar-refractivity contribution in [1.29, 1.82) is 0 Å². The Hall–Kier alpha value is -5.84. The number of aliphatic carboxylic acids is 1. The van der Waals surface area contributed by atoms with Crippen molar-refractivity contribution in [2.75, 3.05) is 13.1 Å². The molecule has 0 saturated carbocycles. The maximum absolute atomic E-state index is 14.1. The summed E-state index contributed by atoms with van der Waals surface area (Å²) in [6, 6.07) is 16.8. The first kappa shape index (κ1) is 43.6. The van der Waals surface area contributed by atoms with E-state index in [1.54, 1.807) is 60.7 Å². The summed E-state index contributed by atoms with van der Waals surface area (Å²) in [4.78, 5) is 79.3. The summed E-state index contributed by atoms with van der Waals surface area (Å²) in [5, 5.41) is 42.8. The van der Waals surface area contributed by atoms with E-state index in [1.807, 2.05) is 0 Å². The second-order valence-corrected chi connectivity index (χ2v) is 13.1. The molecule has 12 N–H and O–H groups in total. The normalized spacial score (nSPS) is 14.2. The largest absolute Gasteiger partial charge is 0.508 e. The van der Waals surface area contributed by atoms with E-state index in [1.165, 1.54) is 31.2 Å². The number of aliphatic hydroxyl groups is 1. The fraction of sp³-hybridized carbons (Fsp3) is 0.385. The molecule has 16 nitrogen and oxygen atoms in total. The topological polar surface area (TPSA) is 275 Å². The minimum absolute atomic E-state index is 0.0196. The van der Waals surface area contributed by atoms with Crippen molar-refractivity contribution in [1.82, 2.24) is 26.6 Å². The Morgan fingerprint density at radius 1 is 0.582 bits per heavy atom. The van der Waals surface area contributed by atoms with Crippen LogP contribution in [-0.4, -0.2) is 100 Å². The number of hydrogen-bond acceptors (Lipinski definition) is 10. The number of benzene rings is 3. The van der Waals surface area contributed by atoms with E-state index >= 15 is 0 Å². The molecule has 55 heavy (non-hydrogen) atoms. The molecule has 0 fully saturated rings. The molecular weight excluding hydrogens is 710 g/mol. The predicted molar refractivity (Wildman–Crippen MR) is 203 cm³/mol. The van der Waals surface area contributed by atoms with Gasteiger partial charge in [-0.1, -0.05) is 72.8 Å². The van der Waals surface area contributed by atoms with Crippen LogP contribution in [0.25, 0.3) is 0 Å². The minimum Gasteiger partial charge on any atom is -0.508 e. The highest BCUT2D eigenvalue weighted by Crippen LogP contribution is 2.13. The molecule has 296 valence electrons. The summed E-state index contributed by atoms with van der Waals surface area (Å²) < 4.78 is 0. The molecule has 16 heteroatoms. The summed E-state index contributed by atoms with van der Waals surface area (Å²) in [6.07, 6.45) is -0.573. The van der Waals surface area contributed by atoms with Gasteiger partial charge in [0.2, 0.25) is 29.5 Å². The van der Waals surface area contributed by atoms with Crippen LogP contribution in [0.5, 0.6) is 5.75 Å². The van der Waals surface area contributed by atoms with E-state index in [0.29, 0.717) is 30.5 Å². The number of carbonyl (C=O) groups excluding carboxylic acids is 5. The number of hydrogen-bond donors (Lipinski definition) is 10. The van der Waals surface area contributed by atoms with Crippen molar-refractivity contribution >= 4 is 35.5 Å². The van der Waals surface area contributed by atoms with Crippen molar-refractivity contribution in [3.8, 4) is 5.75 Å². The van der Waals surface area contributed by atoms with E-state index in [0.717, 1.165) is 5.56 Å². The zero-order valence-electron chi connectivity index (χ0n) is 30.6. The van der Waals surface area contributed by atoms with E-state index in [4.69, 9.17) is 11.5 Å². The molecule has 0 radical (unpaired) electrons. The summed E-state index contributed by atoms with van der Waals surface area (Å²) in [5.74, 6) is -5.28. The third-order valence-corrected chi connectivity index (χ3v) is 8.67. The van der Waals surface area contributed by atoms with Crippen molar-refractivity contribution in [2.24, 2.45) is 11.5 Å². The summed E-state index contributed by atoms with van der Waals surface area (Å²) >= 11 is 0. The molecule has 6 atom stereocenters. The van der Waals surface area contributed by atoms with E-state index in [2.05, 4.69) is 26.6 Å². The van der Waals surface area contributed by atoms with Crippen LogP contribution >= 0.6 is 0 Å². The van der Waals surface area contributed by atoms with Crippen molar-refractivity contribution in [3.05, 3.63) is 102 Å². The van der Waals surface area contributed by atoms with E-state index in [9.17, 15) is 44.1 Å². The van der Waals surface area contributed by atoms with Gasteiger partial charge in [0, 0.05) is 19.3 Å². The highest BCUT2D eigenvalue weighted by atomic mass is 16.4. The fourth-order valence-corrected chi connectivity index (χ4v) is 5.66. The van der Waals surface area contributed by atoms with Gasteiger partial charge in [0.15, 0.2) is 0 Å². The van der Waals surface area contributed by atoms with Crippen molar-refractivity contribution < 1.29 is 44.1 Å². The summed E-state index contributed by atoms with van der Waals surface area (Å²) in [6.45, 7) is 1.19. The number of unbranched alkanes of at least 4 members (excludes halogenated alkanes) is 1. The summed E-state index contributed by atoms with van der Waals surface area (Å²) in [7, 11) is 0. The second-order valence-electron chi connectivity index (χ2n) is 13.1. The second kappa shape index (κ2) is 22.4. The zero-order valence-corrected chi connectivity index (χ0v) is 30.6. The molecule has 3 aromatic carbocycles. The van der Waals surface area contributed by atoms with Gasteiger partial charge in [-0.2, -0.15) is 0 Å². The number of carbonyl (C=O) groups is 6. The Morgan fingerprint density at radius 3 is 1.45 bits per heavy atom. The number of aliphatic hydroxyl groups excluding tert-OH is 1. The SMILES string of the molecule is C[C@@H](O)[C@H](NC(=O)[C@H](Cc1ccc(O)cc1)NC(=O)[C@H](Cc1ccccc1)NC(=O)[C@H](Cc1ccccc1)NC(=O)CN)C(=O)N[C@@H](CCCCN)C(=O)O. The molecule has 0 aliphatic carbocycles. The molecule has 0 bridgehead atoms. The predicted octanol–water partition coefficient (Wildman–Crippen LogP) is -0.603. The van der Waals surface area contributed by atoms with Crippen LogP contribution < -0.4 is 38.1 Å². The lowest BCUT2D eigenvalue weighted by atomic mass is 10.0. The lowest BCUT2D eigenvalue weighted by Gasteiger charge is -2.28. The number of carboxylic acids is 1. The maximum atomic E-state index is 14.1. The lowest BCUT2D eigenvalue weighted by molar-refractivity contribution is -0.143. The number of phenols is 1. The van der Waals surface area contributed by atoms with Gasteiger partial charge >= 0.3 is 5.97 Å². The Bertz CT molecular complexity index is 1710. The van der Waals surface area contributed by atoms with Gasteiger partial charge in [0.1, 0.15) is 36.0 Å². The zero-order chi connectivity index (χ0) is 40.3. The molecule has 3 rings (SSSR count). The minimum atomic E-state index is -1.62. The van der Waals surface area contributed by atoms with Gasteiger partial charge in [-0.25, -0.2) is 4.79 Å². The van der Waals surface area contributed by atoms with Crippen molar-refractivity contribution in [3.63, 3.8) is 0 Å². The average Bonchev–Trinajstić information content (AvgIpc) is 3.16. The smallest absolute Gasteiger partial charge is 0.326 e. The van der Waals surface area contributed by atoms with Crippen molar-refractivity contribution in [2.45, 2.75) is 81.8 Å². The molecule has 3 aromatic rings. The highest BCUT2D eigenvalue weighted by Gasteiger charge is 2.34. The number of rotatable bonds is 22. The van der Waals surface area contributed by atoms with Crippen LogP contribution in [0.1, 0.15) is 42.9 Å². The van der Waals surface area contributed by atoms with E-state index in [-0.39, 0.29) is 38.0 Å². The molecule has 0 spiro atoms. The molecule has 0 saturated heterocycles. The number of aromatic hydroxyl groups is 1. The Kier molecular flexibility index (Phi) is 17.7. The van der Waals surface area contributed by atoms with Crippen LogP contribution in [0.2, 0.25) is 0 Å². The van der Waals surface area contributed by atoms with E-state index < -0.39 is 71.8 Å². The third kappa shape index (κ3) is 14.8. The monoisotopic (exact) mass is 761 g/mol. The first-order chi connectivity index (χ1) is 26.3. The molecular formula is C39H51N7O9. The van der Waals surface area contributed by atoms with Crippen LogP contribution in [0, 0.1) is 0 Å². The Balaban J connectivity index is 1.92. The van der Waals surface area contributed by atoms with Crippen LogP contribution in [0.4, 0.5) is 0 Å². The lowest BCUT2D eigenvalue weighted by Crippen LogP contribution is -2.61. The molecule has 0 aromatic heterocycles. The molecule has 0 heterocycles. The van der Waals surface area contributed by atoms with Gasteiger partial charge in [0.05, 0.1) is 12.6 Å². The van der Waals surface area contributed by atoms with Crippen LogP contribution in [0.3, 0.4) is 0 Å². The maximum Gasteiger partial charge on any atom is 0.326 e. The molecule has 0 aliphatic heterocycles. The molecule has 0 unspecified atom stereocenters. The van der Waals surface area contributed by atoms with Crippen LogP contribution in [-0.2, 0) is 48.0 Å². The standard InChI is InChI=1S/C39H51N7O9/c1-24(47)34(38(53)43-29(39(54)55)14-8-9-19-40)46-37(52)32(22-27-15-17-28(48)18-16-27)45-36(51)31(21-26-12-6-3-7-13-26)44-35(50)30(42-33(49)23-41)20-25-10-4-2-5-11-25/h2-7,10-13,15-18,24,29-32,34,47-48H,8-9,14,19-23,40-41H2,1H3,(H,42,49)(H,43,53)(H,44,50)(H,45,51)(H,46,52)(H,54,55)/t24-,29+,30+,31+,32+,34+/m1/s1. The number of nitrogens with two attached hydrogens (primary N) is 2.